The van der Waals surface area contributed by atoms with Crippen LogP contribution in [0.1, 0.15) is 26.5 Å². The second-order valence-electron chi connectivity index (χ2n) is 4.46. The van der Waals surface area contributed by atoms with Crippen LogP contribution in [0.3, 0.4) is 0 Å². The van der Waals surface area contributed by atoms with Crippen molar-refractivity contribution in [1.82, 2.24) is 9.88 Å². The molecule has 3 nitrogen and oxygen atoms in total. The summed E-state index contributed by atoms with van der Waals surface area (Å²) in [5.74, 6) is 0.0564. The number of amides is 1. The highest BCUT2D eigenvalue weighted by molar-refractivity contribution is 14.1. The minimum Gasteiger partial charge on any atom is -0.336 e. The van der Waals surface area contributed by atoms with Crippen LogP contribution in [0, 0.1) is 17.4 Å². The fourth-order valence-corrected chi connectivity index (χ4v) is 3.20. The van der Waals surface area contributed by atoms with E-state index in [-0.39, 0.29) is 5.91 Å². The molecule has 0 saturated carbocycles. The van der Waals surface area contributed by atoms with E-state index in [0.717, 1.165) is 25.3 Å². The van der Waals surface area contributed by atoms with Gasteiger partial charge in [0.25, 0.3) is 5.91 Å². The molecule has 19 heavy (non-hydrogen) atoms. The van der Waals surface area contributed by atoms with E-state index < -0.39 is 0 Å². The Morgan fingerprint density at radius 1 is 1.42 bits per heavy atom. The summed E-state index contributed by atoms with van der Waals surface area (Å²) in [4.78, 5) is 19.6. The summed E-state index contributed by atoms with van der Waals surface area (Å²) in [6.07, 6.45) is 0. The van der Waals surface area contributed by atoms with E-state index in [1.165, 1.54) is 0 Å². The Hall–Kier alpha value is -0.950. The van der Waals surface area contributed by atoms with Crippen LogP contribution in [0.4, 0.5) is 0 Å². The number of rotatable bonds is 3. The first-order valence-electron chi connectivity index (χ1n) is 5.90. The van der Waals surface area contributed by atoms with Gasteiger partial charge in [-0.05, 0) is 48.1 Å². The molecule has 0 spiro atoms. The normalized spacial score (nSPS) is 10.5. The largest absolute Gasteiger partial charge is 0.336 e. The minimum atomic E-state index is 0.0564. The van der Waals surface area contributed by atoms with Crippen molar-refractivity contribution < 1.29 is 4.79 Å². The Morgan fingerprint density at radius 3 is 2.79 bits per heavy atom. The van der Waals surface area contributed by atoms with E-state index in [1.54, 1.807) is 16.2 Å². The molecule has 0 aliphatic carbocycles. The van der Waals surface area contributed by atoms with Gasteiger partial charge in [-0.25, -0.2) is 4.98 Å². The van der Waals surface area contributed by atoms with Crippen molar-refractivity contribution >= 4 is 39.8 Å². The number of carbonyl (C=O) groups excluding carboxylic acids is 1. The van der Waals surface area contributed by atoms with Crippen LogP contribution >= 0.6 is 33.9 Å². The molecule has 0 saturated heterocycles. The quantitative estimate of drug-likeness (QED) is 0.755. The van der Waals surface area contributed by atoms with Crippen LogP contribution in [0.25, 0.3) is 0 Å². The summed E-state index contributed by atoms with van der Waals surface area (Å²) in [7, 11) is 1.83. The van der Waals surface area contributed by atoms with Gasteiger partial charge in [-0.2, -0.15) is 0 Å². The lowest BCUT2D eigenvalue weighted by atomic mass is 10.1. The first-order chi connectivity index (χ1) is 9.00. The second kappa shape index (κ2) is 6.00. The number of hydrogen-bond donors (Lipinski definition) is 0. The zero-order valence-electron chi connectivity index (χ0n) is 11.1. The van der Waals surface area contributed by atoms with Gasteiger partial charge in [-0.1, -0.05) is 12.1 Å². The van der Waals surface area contributed by atoms with Crippen LogP contribution in [-0.4, -0.2) is 22.8 Å². The molecule has 1 heterocycles. The third-order valence-electron chi connectivity index (χ3n) is 2.99. The molecule has 0 radical (unpaired) electrons. The van der Waals surface area contributed by atoms with Gasteiger partial charge in [-0.3, -0.25) is 4.79 Å². The molecular weight excluding hydrogens is 371 g/mol. The molecule has 1 aromatic heterocycles. The molecule has 1 amide bonds. The maximum atomic E-state index is 12.5. The number of hydrogen-bond acceptors (Lipinski definition) is 3. The average Bonchev–Trinajstić information content (AvgIpc) is 2.77. The van der Waals surface area contributed by atoms with Gasteiger partial charge >= 0.3 is 0 Å². The Balaban J connectivity index is 2.20. The summed E-state index contributed by atoms with van der Waals surface area (Å²) < 4.78 is 1.03. The van der Waals surface area contributed by atoms with E-state index in [0.29, 0.717) is 6.54 Å². The highest BCUT2D eigenvalue weighted by atomic mass is 127. The number of aromatic nitrogens is 1. The van der Waals surface area contributed by atoms with E-state index in [2.05, 4.69) is 27.6 Å². The van der Waals surface area contributed by atoms with Crippen molar-refractivity contribution in [3.8, 4) is 0 Å². The van der Waals surface area contributed by atoms with Gasteiger partial charge in [0.2, 0.25) is 0 Å². The minimum absolute atomic E-state index is 0.0564. The summed E-state index contributed by atoms with van der Waals surface area (Å²) in [6.45, 7) is 4.60. The van der Waals surface area contributed by atoms with Crippen LogP contribution in [-0.2, 0) is 6.54 Å². The Morgan fingerprint density at radius 2 is 2.16 bits per heavy atom. The molecule has 100 valence electrons. The Bertz CT molecular complexity index is 609. The van der Waals surface area contributed by atoms with Gasteiger partial charge in [0.05, 0.1) is 23.3 Å². The fourth-order valence-electron chi connectivity index (χ4n) is 1.78. The summed E-state index contributed by atoms with van der Waals surface area (Å²) >= 11 is 3.82. The van der Waals surface area contributed by atoms with Gasteiger partial charge < -0.3 is 4.90 Å². The molecule has 2 aromatic rings. The number of benzene rings is 1. The smallest absolute Gasteiger partial charge is 0.255 e. The maximum Gasteiger partial charge on any atom is 0.255 e. The lowest BCUT2D eigenvalue weighted by Gasteiger charge is -2.18. The standard InChI is InChI=1S/C14H15IN2OS/c1-9-5-4-6-11(13(9)15)14(18)17(3)7-12-10(2)16-8-19-12/h4-6,8H,7H2,1-3H3. The Kier molecular flexibility index (Phi) is 4.57. The molecule has 0 aliphatic heterocycles. The van der Waals surface area contributed by atoms with E-state index >= 15 is 0 Å². The monoisotopic (exact) mass is 386 g/mol. The van der Waals surface area contributed by atoms with Crippen LogP contribution in [0.5, 0.6) is 0 Å². The summed E-state index contributed by atoms with van der Waals surface area (Å²) in [5, 5.41) is 0. The first-order valence-corrected chi connectivity index (χ1v) is 7.86. The van der Waals surface area contributed by atoms with Gasteiger partial charge in [-0.15, -0.1) is 11.3 Å². The van der Waals surface area contributed by atoms with E-state index in [9.17, 15) is 4.79 Å². The molecule has 5 heteroatoms. The van der Waals surface area contributed by atoms with E-state index in [1.807, 2.05) is 44.6 Å². The van der Waals surface area contributed by atoms with Gasteiger partial charge in [0.15, 0.2) is 0 Å². The van der Waals surface area contributed by atoms with Gasteiger partial charge in [0.1, 0.15) is 0 Å². The van der Waals surface area contributed by atoms with Crippen molar-refractivity contribution in [3.05, 3.63) is 49.0 Å². The molecule has 1 aromatic carbocycles. The van der Waals surface area contributed by atoms with Gasteiger partial charge in [0, 0.05) is 15.5 Å². The first kappa shape index (κ1) is 14.5. The second-order valence-corrected chi connectivity index (χ2v) is 6.48. The summed E-state index contributed by atoms with van der Waals surface area (Å²) in [6, 6.07) is 5.83. The van der Waals surface area contributed by atoms with Crippen LogP contribution in [0.2, 0.25) is 0 Å². The average molecular weight is 386 g/mol. The molecule has 0 unspecified atom stereocenters. The van der Waals surface area contributed by atoms with E-state index in [4.69, 9.17) is 0 Å². The number of halogens is 1. The molecule has 0 N–H and O–H groups in total. The predicted molar refractivity (Wildman–Crippen MR) is 86.5 cm³/mol. The highest BCUT2D eigenvalue weighted by Gasteiger charge is 2.17. The number of carbonyl (C=O) groups is 1. The van der Waals surface area contributed by atoms with Crippen molar-refractivity contribution in [3.63, 3.8) is 0 Å². The number of nitrogens with zero attached hydrogens (tertiary/aromatic N) is 2. The van der Waals surface area contributed by atoms with Crippen molar-refractivity contribution in [2.45, 2.75) is 20.4 Å². The zero-order chi connectivity index (χ0) is 14.0. The molecule has 0 aliphatic rings. The molecule has 2 rings (SSSR count). The lowest BCUT2D eigenvalue weighted by Crippen LogP contribution is -2.27. The third-order valence-corrected chi connectivity index (χ3v) is 5.35. The lowest BCUT2D eigenvalue weighted by molar-refractivity contribution is 0.0785. The molecule has 0 atom stereocenters. The third kappa shape index (κ3) is 3.14. The van der Waals surface area contributed by atoms with Crippen molar-refractivity contribution in [2.75, 3.05) is 7.05 Å². The topological polar surface area (TPSA) is 33.2 Å². The SMILES string of the molecule is Cc1cccc(C(=O)N(C)Cc2scnc2C)c1I. The number of aryl methyl sites for hydroxylation is 2. The highest BCUT2D eigenvalue weighted by Crippen LogP contribution is 2.20. The van der Waals surface area contributed by atoms with Crippen LogP contribution in [0.15, 0.2) is 23.7 Å². The molecular formula is C14H15IN2OS. The zero-order valence-corrected chi connectivity index (χ0v) is 14.1. The molecule has 0 bridgehead atoms. The summed E-state index contributed by atoms with van der Waals surface area (Å²) in [5.41, 5.74) is 4.72. The molecule has 0 fully saturated rings. The maximum absolute atomic E-state index is 12.5. The number of thiazole rings is 1. The van der Waals surface area contributed by atoms with Crippen molar-refractivity contribution in [2.24, 2.45) is 0 Å². The van der Waals surface area contributed by atoms with Crippen LogP contribution < -0.4 is 0 Å². The van der Waals surface area contributed by atoms with Crippen molar-refractivity contribution in [1.29, 1.82) is 0 Å². The predicted octanol–water partition coefficient (Wildman–Crippen LogP) is 3.64. The fraction of sp³-hybridized carbons (Fsp3) is 0.286. The Labute approximate surface area is 130 Å².